The van der Waals surface area contributed by atoms with E-state index in [-0.39, 0.29) is 0 Å². The third-order valence-electron chi connectivity index (χ3n) is 5.05. The average molecular weight is 410 g/mol. The number of hydrogen-bond donors (Lipinski definition) is 2. The molecule has 0 atom stereocenters. The highest BCUT2D eigenvalue weighted by atomic mass is 15.2. The van der Waals surface area contributed by atoms with Gasteiger partial charge in [0.05, 0.1) is 0 Å². The molecule has 0 amide bonds. The molecule has 0 saturated carbocycles. The number of para-hydroxylation sites is 1. The van der Waals surface area contributed by atoms with Crippen LogP contribution in [0.4, 0.5) is 23.3 Å². The summed E-state index contributed by atoms with van der Waals surface area (Å²) in [6, 6.07) is 26.7. The molecule has 3 aromatic carbocycles. The van der Waals surface area contributed by atoms with Crippen LogP contribution < -0.4 is 10.6 Å². The molecular formula is C26H27N5. The van der Waals surface area contributed by atoms with Crippen molar-refractivity contribution in [3.63, 3.8) is 0 Å². The molecule has 0 radical (unpaired) electrons. The van der Waals surface area contributed by atoms with Crippen LogP contribution in [0.5, 0.6) is 0 Å². The lowest BCUT2D eigenvalue weighted by atomic mass is 10.1. The zero-order chi connectivity index (χ0) is 21.5. The number of aryl methyl sites for hydroxylation is 4. The number of rotatable bonds is 8. The average Bonchev–Trinajstić information content (AvgIpc) is 2.77. The molecule has 0 aliphatic heterocycles. The second-order valence-corrected chi connectivity index (χ2v) is 7.67. The van der Waals surface area contributed by atoms with Gasteiger partial charge >= 0.3 is 0 Å². The molecule has 31 heavy (non-hydrogen) atoms. The van der Waals surface area contributed by atoms with E-state index in [0.29, 0.717) is 11.9 Å². The maximum atomic E-state index is 4.69. The summed E-state index contributed by atoms with van der Waals surface area (Å²) in [6.45, 7) is 4.17. The van der Waals surface area contributed by atoms with Gasteiger partial charge in [-0.1, -0.05) is 66.2 Å². The van der Waals surface area contributed by atoms with Gasteiger partial charge in [-0.15, -0.1) is 0 Å². The van der Waals surface area contributed by atoms with E-state index in [0.717, 1.165) is 42.0 Å². The van der Waals surface area contributed by atoms with Gasteiger partial charge in [-0.05, 0) is 56.0 Å². The van der Waals surface area contributed by atoms with Gasteiger partial charge in [-0.25, -0.2) is 0 Å². The minimum Gasteiger partial charge on any atom is -0.324 e. The molecule has 0 aliphatic carbocycles. The van der Waals surface area contributed by atoms with E-state index in [4.69, 9.17) is 4.98 Å². The molecule has 5 nitrogen and oxygen atoms in total. The van der Waals surface area contributed by atoms with E-state index in [1.807, 2.05) is 36.4 Å². The minimum absolute atomic E-state index is 0.545. The normalized spacial score (nSPS) is 10.6. The molecule has 0 saturated heterocycles. The fourth-order valence-corrected chi connectivity index (χ4v) is 3.46. The van der Waals surface area contributed by atoms with Crippen molar-refractivity contribution in [3.05, 3.63) is 101 Å². The van der Waals surface area contributed by atoms with E-state index in [1.165, 1.54) is 11.1 Å². The predicted octanol–water partition coefficient (Wildman–Crippen LogP) is 6.15. The summed E-state index contributed by atoms with van der Waals surface area (Å²) >= 11 is 0. The Bertz CT molecular complexity index is 1130. The van der Waals surface area contributed by atoms with Crippen molar-refractivity contribution >= 4 is 23.3 Å². The standard InChI is InChI=1S/C26H27N5/c1-19-16-17-23(20(2)18-19)28-26-30-24(15-9-12-21-10-5-3-6-11-21)29-25(31-26)27-22-13-7-4-8-14-22/h3-8,10-11,13-14,16-18H,9,12,15H2,1-2H3,(H2,27,28,29,30,31). The van der Waals surface area contributed by atoms with Gasteiger partial charge in [-0.3, -0.25) is 0 Å². The predicted molar refractivity (Wildman–Crippen MR) is 127 cm³/mol. The Morgan fingerprint density at radius 3 is 2.06 bits per heavy atom. The number of benzene rings is 3. The van der Waals surface area contributed by atoms with Crippen LogP contribution in [0.2, 0.25) is 0 Å². The molecule has 0 aliphatic rings. The van der Waals surface area contributed by atoms with E-state index >= 15 is 0 Å². The first-order valence-electron chi connectivity index (χ1n) is 10.6. The van der Waals surface area contributed by atoms with Crippen molar-refractivity contribution < 1.29 is 0 Å². The van der Waals surface area contributed by atoms with Crippen molar-refractivity contribution in [2.75, 3.05) is 10.6 Å². The first-order valence-corrected chi connectivity index (χ1v) is 10.6. The molecule has 4 aromatic rings. The highest BCUT2D eigenvalue weighted by molar-refractivity contribution is 5.60. The Balaban J connectivity index is 1.55. The molecule has 5 heteroatoms. The van der Waals surface area contributed by atoms with E-state index < -0.39 is 0 Å². The number of nitrogens with one attached hydrogen (secondary N) is 2. The van der Waals surface area contributed by atoms with E-state index in [2.05, 4.69) is 76.9 Å². The van der Waals surface area contributed by atoms with Crippen molar-refractivity contribution in [2.24, 2.45) is 0 Å². The van der Waals surface area contributed by atoms with Crippen LogP contribution in [0, 0.1) is 13.8 Å². The highest BCUT2D eigenvalue weighted by Crippen LogP contribution is 2.21. The maximum Gasteiger partial charge on any atom is 0.232 e. The van der Waals surface area contributed by atoms with Gasteiger partial charge in [0, 0.05) is 17.8 Å². The molecule has 1 aromatic heterocycles. The smallest absolute Gasteiger partial charge is 0.232 e. The first-order chi connectivity index (χ1) is 15.2. The minimum atomic E-state index is 0.545. The lowest BCUT2D eigenvalue weighted by Gasteiger charge is -2.12. The van der Waals surface area contributed by atoms with Gasteiger partial charge in [0.2, 0.25) is 11.9 Å². The van der Waals surface area contributed by atoms with Crippen molar-refractivity contribution in [3.8, 4) is 0 Å². The van der Waals surface area contributed by atoms with Gasteiger partial charge in [0.15, 0.2) is 0 Å². The van der Waals surface area contributed by atoms with Crippen LogP contribution in [0.25, 0.3) is 0 Å². The van der Waals surface area contributed by atoms with Crippen LogP contribution >= 0.6 is 0 Å². The number of hydrogen-bond acceptors (Lipinski definition) is 5. The zero-order valence-electron chi connectivity index (χ0n) is 18.0. The van der Waals surface area contributed by atoms with Crippen LogP contribution in [-0.4, -0.2) is 15.0 Å². The lowest BCUT2D eigenvalue weighted by Crippen LogP contribution is -2.08. The molecule has 1 heterocycles. The highest BCUT2D eigenvalue weighted by Gasteiger charge is 2.09. The topological polar surface area (TPSA) is 62.7 Å². The third kappa shape index (κ3) is 5.89. The Hall–Kier alpha value is -3.73. The molecule has 0 fully saturated rings. The second kappa shape index (κ2) is 9.85. The first kappa shape index (κ1) is 20.5. The molecule has 0 unspecified atom stereocenters. The van der Waals surface area contributed by atoms with Crippen LogP contribution in [0.15, 0.2) is 78.9 Å². The zero-order valence-corrected chi connectivity index (χ0v) is 18.0. The summed E-state index contributed by atoms with van der Waals surface area (Å²) < 4.78 is 0. The molecular weight excluding hydrogens is 382 g/mol. The number of anilines is 4. The molecule has 0 bridgehead atoms. The SMILES string of the molecule is Cc1ccc(Nc2nc(CCCc3ccccc3)nc(Nc3ccccc3)n2)c(C)c1. The quantitative estimate of drug-likeness (QED) is 0.365. The van der Waals surface area contributed by atoms with Crippen LogP contribution in [0.1, 0.15) is 28.9 Å². The van der Waals surface area contributed by atoms with Crippen LogP contribution in [-0.2, 0) is 12.8 Å². The fourth-order valence-electron chi connectivity index (χ4n) is 3.46. The van der Waals surface area contributed by atoms with Gasteiger partial charge < -0.3 is 10.6 Å². The van der Waals surface area contributed by atoms with Crippen molar-refractivity contribution in [1.29, 1.82) is 0 Å². The summed E-state index contributed by atoms with van der Waals surface area (Å²) in [5, 5.41) is 6.67. The molecule has 0 spiro atoms. The molecule has 4 rings (SSSR count). The summed E-state index contributed by atoms with van der Waals surface area (Å²) in [6.07, 6.45) is 2.75. The van der Waals surface area contributed by atoms with Crippen LogP contribution in [0.3, 0.4) is 0 Å². The Morgan fingerprint density at radius 2 is 1.35 bits per heavy atom. The Morgan fingerprint density at radius 1 is 0.677 bits per heavy atom. The maximum absolute atomic E-state index is 4.69. The lowest BCUT2D eigenvalue weighted by molar-refractivity contribution is 0.766. The van der Waals surface area contributed by atoms with Crippen molar-refractivity contribution in [1.82, 2.24) is 15.0 Å². The van der Waals surface area contributed by atoms with Crippen molar-refractivity contribution in [2.45, 2.75) is 33.1 Å². The second-order valence-electron chi connectivity index (χ2n) is 7.67. The van der Waals surface area contributed by atoms with Gasteiger partial charge in [0.1, 0.15) is 5.82 Å². The third-order valence-corrected chi connectivity index (χ3v) is 5.05. The van der Waals surface area contributed by atoms with E-state index in [9.17, 15) is 0 Å². The Labute approximate surface area is 183 Å². The summed E-state index contributed by atoms with van der Waals surface area (Å²) in [7, 11) is 0. The van der Waals surface area contributed by atoms with Gasteiger partial charge in [0.25, 0.3) is 0 Å². The number of nitrogens with zero attached hydrogens (tertiary/aromatic N) is 3. The molecule has 2 N–H and O–H groups in total. The largest absolute Gasteiger partial charge is 0.324 e. The van der Waals surface area contributed by atoms with Gasteiger partial charge in [-0.2, -0.15) is 15.0 Å². The Kier molecular flexibility index (Phi) is 6.53. The van der Waals surface area contributed by atoms with E-state index in [1.54, 1.807) is 0 Å². The summed E-state index contributed by atoms with van der Waals surface area (Å²) in [5.41, 5.74) is 5.65. The summed E-state index contributed by atoms with van der Waals surface area (Å²) in [5.74, 6) is 1.87. The summed E-state index contributed by atoms with van der Waals surface area (Å²) in [4.78, 5) is 14.0. The monoisotopic (exact) mass is 409 g/mol. The molecule has 156 valence electrons. The number of aromatic nitrogens is 3. The fraction of sp³-hybridized carbons (Fsp3) is 0.192.